The predicted molar refractivity (Wildman–Crippen MR) is 189 cm³/mol. The first-order valence-electron chi connectivity index (χ1n) is 16.9. The van der Waals surface area contributed by atoms with E-state index in [1.54, 1.807) is 30.3 Å². The number of aliphatic hydroxyl groups is 1. The van der Waals surface area contributed by atoms with Gasteiger partial charge in [0.25, 0.3) is 0 Å². The summed E-state index contributed by atoms with van der Waals surface area (Å²) in [6, 6.07) is 33.0. The van der Waals surface area contributed by atoms with E-state index in [4.69, 9.17) is 9.47 Å². The quantitative estimate of drug-likeness (QED) is 0.143. The number of nitrogens with one attached hydrogen (secondary N) is 1. The van der Waals surface area contributed by atoms with Crippen LogP contribution < -0.4 is 4.72 Å². The normalized spacial score (nSPS) is 21.8. The molecule has 4 unspecified atom stereocenters. The molecule has 0 aromatic heterocycles. The third kappa shape index (κ3) is 7.97. The molecule has 1 saturated heterocycles. The Hall–Kier alpha value is -3.63. The van der Waals surface area contributed by atoms with E-state index in [0.29, 0.717) is 6.04 Å². The van der Waals surface area contributed by atoms with Crippen molar-refractivity contribution in [3.63, 3.8) is 0 Å². The Morgan fingerprint density at radius 3 is 2.23 bits per heavy atom. The van der Waals surface area contributed by atoms with E-state index in [2.05, 4.69) is 35.3 Å². The van der Waals surface area contributed by atoms with Gasteiger partial charge in [-0.05, 0) is 52.8 Å². The molecule has 4 aromatic rings. The van der Waals surface area contributed by atoms with E-state index in [1.807, 2.05) is 66.7 Å². The lowest BCUT2D eigenvalue weighted by molar-refractivity contribution is -0.276. The molecule has 7 nitrogen and oxygen atoms in total. The molecular weight excluding hydrogens is 621 g/mol. The van der Waals surface area contributed by atoms with Crippen molar-refractivity contribution in [3.05, 3.63) is 138 Å². The Balaban J connectivity index is 1.24. The van der Waals surface area contributed by atoms with Crippen LogP contribution in [0.15, 0.2) is 121 Å². The van der Waals surface area contributed by atoms with Crippen LogP contribution in [0.2, 0.25) is 0 Å². The van der Waals surface area contributed by atoms with Crippen molar-refractivity contribution in [2.45, 2.75) is 75.2 Å². The summed E-state index contributed by atoms with van der Waals surface area (Å²) in [6.07, 6.45) is 6.12. The molecule has 252 valence electrons. The Kier molecular flexibility index (Phi) is 11.2. The summed E-state index contributed by atoms with van der Waals surface area (Å²) in [5, 5.41) is 9.62. The standard InChI is InChI=1S/C40H46N2O5S/c1-3-25-42(35-12-8-9-13-35)27-38-29(2)39(32-19-17-30(28-43)18-20-32)47-40(46-38)33-23-21-31(22-24-33)37-16-10-7-11-34(37)26-41-48(44,45)36-14-5-4-6-15-36/h3-7,10-11,14-24,29,35,38-41,43H,1,8-9,12-13,25-28H2,2H3. The van der Waals surface area contributed by atoms with Crippen LogP contribution in [0.5, 0.6) is 0 Å². The zero-order chi connectivity index (χ0) is 33.5. The molecule has 1 saturated carbocycles. The Labute approximate surface area is 285 Å². The van der Waals surface area contributed by atoms with Gasteiger partial charge in [-0.15, -0.1) is 6.58 Å². The molecule has 48 heavy (non-hydrogen) atoms. The fourth-order valence-corrected chi connectivity index (χ4v) is 8.03. The van der Waals surface area contributed by atoms with Crippen LogP contribution in [-0.4, -0.2) is 43.7 Å². The van der Waals surface area contributed by atoms with E-state index < -0.39 is 16.3 Å². The lowest BCUT2D eigenvalue weighted by atomic mass is 9.89. The van der Waals surface area contributed by atoms with E-state index >= 15 is 0 Å². The molecule has 1 heterocycles. The number of hydrogen-bond donors (Lipinski definition) is 2. The summed E-state index contributed by atoms with van der Waals surface area (Å²) in [4.78, 5) is 2.77. The van der Waals surface area contributed by atoms with Gasteiger partial charge in [0.15, 0.2) is 6.29 Å². The summed E-state index contributed by atoms with van der Waals surface area (Å²) in [6.45, 7) is 8.05. The minimum absolute atomic E-state index is 0.00198. The molecule has 2 N–H and O–H groups in total. The van der Waals surface area contributed by atoms with Crippen molar-refractivity contribution < 1.29 is 23.0 Å². The van der Waals surface area contributed by atoms with Gasteiger partial charge in [-0.25, -0.2) is 13.1 Å². The Morgan fingerprint density at radius 2 is 1.54 bits per heavy atom. The minimum atomic E-state index is -3.64. The average Bonchev–Trinajstić information content (AvgIpc) is 3.67. The molecule has 0 amide bonds. The highest BCUT2D eigenvalue weighted by Crippen LogP contribution is 2.42. The molecule has 0 radical (unpaired) electrons. The van der Waals surface area contributed by atoms with Crippen LogP contribution in [0.4, 0.5) is 0 Å². The van der Waals surface area contributed by atoms with Crippen LogP contribution >= 0.6 is 0 Å². The van der Waals surface area contributed by atoms with Crippen LogP contribution in [-0.2, 0) is 32.6 Å². The van der Waals surface area contributed by atoms with Gasteiger partial charge in [0.2, 0.25) is 10.0 Å². The second-order valence-electron chi connectivity index (χ2n) is 12.9. The fraction of sp³-hybridized carbons (Fsp3) is 0.350. The first kappa shape index (κ1) is 34.2. The molecular formula is C40H46N2O5S. The maximum atomic E-state index is 12.9. The van der Waals surface area contributed by atoms with Gasteiger partial charge < -0.3 is 14.6 Å². The second-order valence-corrected chi connectivity index (χ2v) is 14.7. The Bertz CT molecular complexity index is 1740. The van der Waals surface area contributed by atoms with Gasteiger partial charge in [0.05, 0.1) is 23.7 Å². The van der Waals surface area contributed by atoms with E-state index in [9.17, 15) is 13.5 Å². The highest BCUT2D eigenvalue weighted by atomic mass is 32.2. The van der Waals surface area contributed by atoms with E-state index in [1.165, 1.54) is 25.7 Å². The molecule has 4 atom stereocenters. The van der Waals surface area contributed by atoms with Gasteiger partial charge >= 0.3 is 0 Å². The van der Waals surface area contributed by atoms with Crippen molar-refractivity contribution >= 4 is 10.0 Å². The zero-order valence-electron chi connectivity index (χ0n) is 27.6. The van der Waals surface area contributed by atoms with Crippen LogP contribution in [0.3, 0.4) is 0 Å². The third-order valence-electron chi connectivity index (χ3n) is 9.76. The number of aliphatic hydroxyl groups excluding tert-OH is 1. The van der Waals surface area contributed by atoms with Crippen molar-refractivity contribution in [2.75, 3.05) is 13.1 Å². The molecule has 2 aliphatic rings. The maximum Gasteiger partial charge on any atom is 0.240 e. The highest BCUT2D eigenvalue weighted by molar-refractivity contribution is 7.89. The van der Waals surface area contributed by atoms with Crippen molar-refractivity contribution in [2.24, 2.45) is 5.92 Å². The maximum absolute atomic E-state index is 12.9. The number of nitrogens with zero attached hydrogens (tertiary/aromatic N) is 1. The molecule has 6 rings (SSSR count). The first-order valence-corrected chi connectivity index (χ1v) is 18.4. The SMILES string of the molecule is C=CCN(CC1OC(c2ccc(-c3ccccc3CNS(=O)(=O)c3ccccc3)cc2)OC(c2ccc(CO)cc2)C1C)C1CCCC1. The Morgan fingerprint density at radius 1 is 0.875 bits per heavy atom. The van der Waals surface area contributed by atoms with Crippen LogP contribution in [0.1, 0.15) is 67.3 Å². The van der Waals surface area contributed by atoms with Gasteiger partial charge in [0, 0.05) is 37.2 Å². The molecule has 8 heteroatoms. The molecule has 0 spiro atoms. The monoisotopic (exact) mass is 666 g/mol. The molecule has 1 aliphatic heterocycles. The lowest BCUT2D eigenvalue weighted by Crippen LogP contribution is -2.47. The summed E-state index contributed by atoms with van der Waals surface area (Å²) in [5.41, 5.74) is 5.67. The third-order valence-corrected chi connectivity index (χ3v) is 11.2. The largest absolute Gasteiger partial charge is 0.392 e. The molecule has 2 fully saturated rings. The smallest absolute Gasteiger partial charge is 0.240 e. The van der Waals surface area contributed by atoms with Crippen LogP contribution in [0.25, 0.3) is 11.1 Å². The summed E-state index contributed by atoms with van der Waals surface area (Å²) in [7, 11) is -3.64. The van der Waals surface area contributed by atoms with Crippen molar-refractivity contribution in [3.8, 4) is 11.1 Å². The van der Waals surface area contributed by atoms with Crippen molar-refractivity contribution in [1.82, 2.24) is 9.62 Å². The summed E-state index contributed by atoms with van der Waals surface area (Å²) in [5.74, 6) is 0.0979. The van der Waals surface area contributed by atoms with E-state index in [-0.39, 0.29) is 36.2 Å². The first-order chi connectivity index (χ1) is 23.4. The molecule has 1 aliphatic carbocycles. The zero-order valence-corrected chi connectivity index (χ0v) is 28.4. The topological polar surface area (TPSA) is 88.1 Å². The lowest BCUT2D eigenvalue weighted by Gasteiger charge is -2.43. The average molecular weight is 667 g/mol. The number of sulfonamides is 1. The van der Waals surface area contributed by atoms with Gasteiger partial charge in [-0.1, -0.05) is 117 Å². The second kappa shape index (κ2) is 15.7. The number of benzene rings is 4. The number of rotatable bonds is 13. The molecule has 4 aromatic carbocycles. The predicted octanol–water partition coefficient (Wildman–Crippen LogP) is 7.55. The fourth-order valence-electron chi connectivity index (χ4n) is 7.00. The highest BCUT2D eigenvalue weighted by Gasteiger charge is 2.40. The van der Waals surface area contributed by atoms with Gasteiger partial charge in [-0.2, -0.15) is 0 Å². The van der Waals surface area contributed by atoms with Crippen LogP contribution in [0, 0.1) is 5.92 Å². The summed E-state index contributed by atoms with van der Waals surface area (Å²) < 4.78 is 42.1. The van der Waals surface area contributed by atoms with Gasteiger partial charge in [0.1, 0.15) is 0 Å². The van der Waals surface area contributed by atoms with E-state index in [0.717, 1.165) is 46.5 Å². The minimum Gasteiger partial charge on any atom is -0.392 e. The van der Waals surface area contributed by atoms with Crippen molar-refractivity contribution in [1.29, 1.82) is 0 Å². The number of hydrogen-bond acceptors (Lipinski definition) is 6. The number of ether oxygens (including phenoxy) is 2. The summed E-state index contributed by atoms with van der Waals surface area (Å²) >= 11 is 0. The van der Waals surface area contributed by atoms with Gasteiger partial charge in [-0.3, -0.25) is 4.90 Å². The molecule has 0 bridgehead atoms.